The number of aromatic nitrogens is 3. The Balaban J connectivity index is 1.61. The van der Waals surface area contributed by atoms with Crippen LogP contribution in [0.3, 0.4) is 0 Å². The molecule has 0 bridgehead atoms. The SMILES string of the molecule is CN1C(=O)[C@@H](NC(=O)c2ncn3ccc(C(F)(F)F)nc23)COc2ccccc21. The number of carbonyl (C=O) groups excluding carboxylic acids is 2. The molecule has 0 spiro atoms. The summed E-state index contributed by atoms with van der Waals surface area (Å²) in [7, 11) is 1.54. The second kappa shape index (κ2) is 6.76. The van der Waals surface area contributed by atoms with Crippen molar-refractivity contribution in [3.05, 3.63) is 54.2 Å². The normalized spacial score (nSPS) is 16.9. The van der Waals surface area contributed by atoms with Crippen LogP contribution in [0.15, 0.2) is 42.9 Å². The number of hydrogen-bond acceptors (Lipinski definition) is 5. The van der Waals surface area contributed by atoms with E-state index in [1.807, 2.05) is 0 Å². The lowest BCUT2D eigenvalue weighted by Gasteiger charge is -2.20. The van der Waals surface area contributed by atoms with Crippen molar-refractivity contribution in [3.8, 4) is 5.75 Å². The van der Waals surface area contributed by atoms with Gasteiger partial charge in [-0.1, -0.05) is 12.1 Å². The number of para-hydroxylation sites is 2. The highest BCUT2D eigenvalue weighted by atomic mass is 19.4. The van der Waals surface area contributed by atoms with E-state index in [9.17, 15) is 22.8 Å². The van der Waals surface area contributed by atoms with Gasteiger partial charge in [-0.05, 0) is 18.2 Å². The van der Waals surface area contributed by atoms with Crippen molar-refractivity contribution in [2.24, 2.45) is 0 Å². The predicted octanol–water partition coefficient (Wildman–Crippen LogP) is 1.90. The Kier molecular flexibility index (Phi) is 4.36. The molecule has 11 heteroatoms. The molecule has 1 atom stereocenters. The zero-order chi connectivity index (χ0) is 20.8. The Labute approximate surface area is 161 Å². The van der Waals surface area contributed by atoms with E-state index in [0.29, 0.717) is 11.4 Å². The molecule has 29 heavy (non-hydrogen) atoms. The van der Waals surface area contributed by atoms with Crippen LogP contribution < -0.4 is 15.0 Å². The van der Waals surface area contributed by atoms with Gasteiger partial charge in [-0.2, -0.15) is 13.2 Å². The lowest BCUT2D eigenvalue weighted by Crippen LogP contribution is -2.49. The summed E-state index contributed by atoms with van der Waals surface area (Å²) in [5.41, 5.74) is -1.20. The van der Waals surface area contributed by atoms with E-state index >= 15 is 0 Å². The third-order valence-corrected chi connectivity index (χ3v) is 4.46. The molecule has 2 amide bonds. The van der Waals surface area contributed by atoms with Gasteiger partial charge in [0.2, 0.25) is 0 Å². The molecule has 1 aliphatic rings. The number of amides is 2. The molecular weight excluding hydrogens is 391 g/mol. The number of fused-ring (bicyclic) bond motifs is 2. The molecule has 1 aromatic carbocycles. The lowest BCUT2D eigenvalue weighted by atomic mass is 10.2. The number of ether oxygens (including phenoxy) is 1. The summed E-state index contributed by atoms with van der Waals surface area (Å²) in [6.07, 6.45) is -2.39. The van der Waals surface area contributed by atoms with E-state index in [1.165, 1.54) is 22.7 Å². The van der Waals surface area contributed by atoms with Gasteiger partial charge in [0.15, 0.2) is 11.3 Å². The van der Waals surface area contributed by atoms with Gasteiger partial charge < -0.3 is 15.0 Å². The molecule has 8 nitrogen and oxygen atoms in total. The molecule has 0 radical (unpaired) electrons. The first-order chi connectivity index (χ1) is 13.8. The molecule has 150 valence electrons. The third kappa shape index (κ3) is 3.35. The van der Waals surface area contributed by atoms with Crippen molar-refractivity contribution in [2.45, 2.75) is 12.2 Å². The van der Waals surface area contributed by atoms with Crippen molar-refractivity contribution in [1.82, 2.24) is 19.7 Å². The fourth-order valence-electron chi connectivity index (χ4n) is 2.98. The van der Waals surface area contributed by atoms with Gasteiger partial charge >= 0.3 is 6.18 Å². The van der Waals surface area contributed by atoms with Crippen LogP contribution in [0.2, 0.25) is 0 Å². The fraction of sp³-hybridized carbons (Fsp3) is 0.222. The fourth-order valence-corrected chi connectivity index (χ4v) is 2.98. The monoisotopic (exact) mass is 405 g/mol. The van der Waals surface area contributed by atoms with Crippen molar-refractivity contribution in [3.63, 3.8) is 0 Å². The maximum atomic E-state index is 12.9. The lowest BCUT2D eigenvalue weighted by molar-refractivity contribution is -0.141. The van der Waals surface area contributed by atoms with Crippen LogP contribution in [-0.4, -0.2) is 45.9 Å². The third-order valence-electron chi connectivity index (χ3n) is 4.46. The second-order valence-electron chi connectivity index (χ2n) is 6.34. The van der Waals surface area contributed by atoms with Gasteiger partial charge in [0.25, 0.3) is 11.8 Å². The summed E-state index contributed by atoms with van der Waals surface area (Å²) < 4.78 is 45.6. The Morgan fingerprint density at radius 3 is 2.79 bits per heavy atom. The van der Waals surface area contributed by atoms with Crippen LogP contribution in [0.1, 0.15) is 16.2 Å². The Bertz CT molecular complexity index is 1110. The van der Waals surface area contributed by atoms with Gasteiger partial charge in [0.1, 0.15) is 30.4 Å². The van der Waals surface area contributed by atoms with E-state index in [-0.39, 0.29) is 17.9 Å². The van der Waals surface area contributed by atoms with Gasteiger partial charge in [-0.15, -0.1) is 0 Å². The van der Waals surface area contributed by atoms with Crippen LogP contribution in [-0.2, 0) is 11.0 Å². The average Bonchev–Trinajstić information content (AvgIpc) is 3.08. The van der Waals surface area contributed by atoms with E-state index in [1.54, 1.807) is 24.3 Å². The molecule has 0 fully saturated rings. The van der Waals surface area contributed by atoms with Crippen molar-refractivity contribution in [2.75, 3.05) is 18.6 Å². The maximum Gasteiger partial charge on any atom is 0.433 e. The minimum atomic E-state index is -4.67. The minimum Gasteiger partial charge on any atom is -0.489 e. The van der Waals surface area contributed by atoms with Gasteiger partial charge in [-0.25, -0.2) is 9.97 Å². The molecular formula is C18H14F3N5O3. The van der Waals surface area contributed by atoms with Crippen LogP contribution in [0.4, 0.5) is 18.9 Å². The zero-order valence-electron chi connectivity index (χ0n) is 15.0. The predicted molar refractivity (Wildman–Crippen MR) is 94.6 cm³/mol. The second-order valence-corrected chi connectivity index (χ2v) is 6.34. The Hall–Kier alpha value is -3.63. The van der Waals surface area contributed by atoms with E-state index < -0.39 is 29.7 Å². The minimum absolute atomic E-state index is 0.140. The molecule has 2 aromatic heterocycles. The number of halogens is 3. The zero-order valence-corrected chi connectivity index (χ0v) is 15.0. The topological polar surface area (TPSA) is 88.8 Å². The number of nitrogens with zero attached hydrogens (tertiary/aromatic N) is 4. The first-order valence-corrected chi connectivity index (χ1v) is 8.47. The Morgan fingerprint density at radius 1 is 1.28 bits per heavy atom. The first-order valence-electron chi connectivity index (χ1n) is 8.47. The average molecular weight is 405 g/mol. The van der Waals surface area contributed by atoms with Crippen molar-refractivity contribution in [1.29, 1.82) is 0 Å². The Morgan fingerprint density at radius 2 is 2.03 bits per heavy atom. The number of nitrogens with one attached hydrogen (secondary N) is 1. The van der Waals surface area contributed by atoms with Crippen LogP contribution in [0.5, 0.6) is 5.75 Å². The number of imidazole rings is 1. The van der Waals surface area contributed by atoms with Crippen LogP contribution in [0, 0.1) is 0 Å². The molecule has 0 unspecified atom stereocenters. The summed E-state index contributed by atoms with van der Waals surface area (Å²) in [5.74, 6) is -0.791. The maximum absolute atomic E-state index is 12.9. The summed E-state index contributed by atoms with van der Waals surface area (Å²) in [4.78, 5) is 34.0. The van der Waals surface area contributed by atoms with E-state index in [0.717, 1.165) is 12.3 Å². The van der Waals surface area contributed by atoms with Gasteiger partial charge in [0.05, 0.1) is 5.69 Å². The molecule has 1 N–H and O–H groups in total. The molecule has 3 aromatic rings. The smallest absolute Gasteiger partial charge is 0.433 e. The largest absolute Gasteiger partial charge is 0.489 e. The number of anilines is 1. The van der Waals surface area contributed by atoms with Crippen molar-refractivity contribution >= 4 is 23.1 Å². The standard InChI is InChI=1S/C18H14F3N5O3/c1-25-11-4-2-3-5-12(11)29-8-10(17(25)28)23-16(27)14-15-24-13(18(19,20)21)6-7-26(15)9-22-14/h2-7,9-10H,8H2,1H3,(H,23,27)/t10-/m0/s1. The van der Waals surface area contributed by atoms with Gasteiger partial charge in [-0.3, -0.25) is 14.0 Å². The number of benzene rings is 1. The molecule has 4 rings (SSSR count). The molecule has 1 aliphatic heterocycles. The number of hydrogen-bond donors (Lipinski definition) is 1. The molecule has 0 saturated carbocycles. The van der Waals surface area contributed by atoms with Gasteiger partial charge in [0, 0.05) is 13.2 Å². The first kappa shape index (κ1) is 18.7. The highest BCUT2D eigenvalue weighted by Gasteiger charge is 2.34. The highest BCUT2D eigenvalue weighted by molar-refractivity contribution is 6.04. The highest BCUT2D eigenvalue weighted by Crippen LogP contribution is 2.30. The quantitative estimate of drug-likeness (QED) is 0.704. The number of carbonyl (C=O) groups is 2. The molecule has 0 aliphatic carbocycles. The number of rotatable bonds is 2. The molecule has 0 saturated heterocycles. The summed E-state index contributed by atoms with van der Waals surface area (Å²) >= 11 is 0. The summed E-state index contributed by atoms with van der Waals surface area (Å²) in [6, 6.07) is 6.61. The van der Waals surface area contributed by atoms with E-state index in [4.69, 9.17) is 4.74 Å². The van der Waals surface area contributed by atoms with Crippen LogP contribution in [0.25, 0.3) is 5.65 Å². The van der Waals surface area contributed by atoms with Crippen molar-refractivity contribution < 1.29 is 27.5 Å². The van der Waals surface area contributed by atoms with Crippen LogP contribution >= 0.6 is 0 Å². The van der Waals surface area contributed by atoms with E-state index in [2.05, 4.69) is 15.3 Å². The molecule has 3 heterocycles. The number of alkyl halides is 3. The summed E-state index contributed by atoms with van der Waals surface area (Å²) in [6.45, 7) is -0.140. The summed E-state index contributed by atoms with van der Waals surface area (Å²) in [5, 5.41) is 2.47. The number of likely N-dealkylation sites (N-methyl/N-ethyl adjacent to an activating group) is 1.